The normalized spacial score (nSPS) is 15.9. The fraction of sp³-hybridized carbons (Fsp3) is 0.643. The molecule has 3 N–H and O–H groups in total. The van der Waals surface area contributed by atoms with Gasteiger partial charge in [-0.1, -0.05) is 6.92 Å². The maximum Gasteiger partial charge on any atom is 0.326 e. The van der Waals surface area contributed by atoms with Gasteiger partial charge in [0.2, 0.25) is 0 Å². The summed E-state index contributed by atoms with van der Waals surface area (Å²) in [6.07, 6.45) is 2.92. The Morgan fingerprint density at radius 2 is 2.00 bits per heavy atom. The van der Waals surface area contributed by atoms with Crippen LogP contribution >= 0.6 is 0 Å². The summed E-state index contributed by atoms with van der Waals surface area (Å²) in [7, 11) is 0. The van der Waals surface area contributed by atoms with Crippen molar-refractivity contribution in [2.24, 2.45) is 5.92 Å². The van der Waals surface area contributed by atoms with Gasteiger partial charge in [0.05, 0.1) is 0 Å². The van der Waals surface area contributed by atoms with E-state index >= 15 is 0 Å². The predicted molar refractivity (Wildman–Crippen MR) is 79.5 cm³/mol. The van der Waals surface area contributed by atoms with Crippen molar-refractivity contribution in [1.82, 2.24) is 20.2 Å². The first-order chi connectivity index (χ1) is 10.1. The lowest BCUT2D eigenvalue weighted by atomic mass is 9.97. The first kappa shape index (κ1) is 15.5. The third-order valence-electron chi connectivity index (χ3n) is 3.71. The second kappa shape index (κ2) is 7.21. The zero-order valence-corrected chi connectivity index (χ0v) is 12.3. The number of aromatic amines is 2. The summed E-state index contributed by atoms with van der Waals surface area (Å²) in [5.74, 6) is 0.189. The molecule has 0 bridgehead atoms. The molecule has 0 aliphatic carbocycles. The minimum atomic E-state index is -0.649. The van der Waals surface area contributed by atoms with E-state index in [0.29, 0.717) is 19.0 Å². The maximum atomic E-state index is 12.5. The number of aromatic nitrogens is 2. The molecule has 0 aromatic carbocycles. The van der Waals surface area contributed by atoms with E-state index in [0.717, 1.165) is 38.4 Å². The molecule has 116 valence electrons. The lowest BCUT2D eigenvalue weighted by Gasteiger charge is -2.29. The Balaban J connectivity index is 2.13. The molecule has 1 aromatic rings. The Labute approximate surface area is 122 Å². The van der Waals surface area contributed by atoms with Crippen LogP contribution in [0.5, 0.6) is 0 Å². The molecule has 0 spiro atoms. The standard InChI is InChI=1S/C14H22N4O3/c1-2-7-18(9-10-3-5-15-6-4-10)13(20)11-8-12(19)17-14(21)16-11/h8,10,15H,2-7,9H2,1H3,(H2,16,17,19,21). The smallest absolute Gasteiger partial charge is 0.326 e. The minimum Gasteiger partial charge on any atom is -0.337 e. The second-order valence-electron chi connectivity index (χ2n) is 5.45. The average molecular weight is 294 g/mol. The van der Waals surface area contributed by atoms with Crippen LogP contribution in [0.25, 0.3) is 0 Å². The SMILES string of the molecule is CCCN(CC1CCNCC1)C(=O)c1cc(=O)[nH]c(=O)[nH]1. The molecule has 1 aliphatic rings. The molecule has 2 heterocycles. The summed E-state index contributed by atoms with van der Waals surface area (Å²) in [5.41, 5.74) is -1.14. The summed E-state index contributed by atoms with van der Waals surface area (Å²) in [6.45, 7) is 5.24. The van der Waals surface area contributed by atoms with Gasteiger partial charge in [0, 0.05) is 19.2 Å². The number of nitrogens with one attached hydrogen (secondary N) is 3. The number of carbonyl (C=O) groups is 1. The first-order valence-electron chi connectivity index (χ1n) is 7.43. The van der Waals surface area contributed by atoms with Crippen molar-refractivity contribution in [3.8, 4) is 0 Å². The van der Waals surface area contributed by atoms with Gasteiger partial charge in [-0.2, -0.15) is 0 Å². The van der Waals surface area contributed by atoms with Gasteiger partial charge in [0.1, 0.15) is 5.69 Å². The molecule has 1 aliphatic heterocycles. The van der Waals surface area contributed by atoms with E-state index in [9.17, 15) is 14.4 Å². The van der Waals surface area contributed by atoms with Crippen molar-refractivity contribution in [2.45, 2.75) is 26.2 Å². The van der Waals surface area contributed by atoms with Gasteiger partial charge < -0.3 is 15.2 Å². The van der Waals surface area contributed by atoms with E-state index < -0.39 is 11.2 Å². The number of nitrogens with zero attached hydrogens (tertiary/aromatic N) is 1. The molecule has 1 amide bonds. The van der Waals surface area contributed by atoms with E-state index in [2.05, 4.69) is 15.3 Å². The molecule has 21 heavy (non-hydrogen) atoms. The van der Waals surface area contributed by atoms with E-state index in [1.54, 1.807) is 4.90 Å². The topological polar surface area (TPSA) is 98.1 Å². The molecule has 2 rings (SSSR count). The van der Waals surface area contributed by atoms with Crippen LogP contribution in [0.15, 0.2) is 15.7 Å². The molecule has 7 heteroatoms. The Morgan fingerprint density at radius 3 is 2.62 bits per heavy atom. The lowest BCUT2D eigenvalue weighted by molar-refractivity contribution is 0.0709. The van der Waals surface area contributed by atoms with Crippen molar-refractivity contribution in [3.05, 3.63) is 32.6 Å². The molecule has 7 nitrogen and oxygen atoms in total. The Kier molecular flexibility index (Phi) is 5.32. The first-order valence-corrected chi connectivity index (χ1v) is 7.43. The van der Waals surface area contributed by atoms with Crippen LogP contribution in [0.4, 0.5) is 0 Å². The Hall–Kier alpha value is -1.89. The minimum absolute atomic E-state index is 0.0612. The van der Waals surface area contributed by atoms with Gasteiger partial charge in [0.25, 0.3) is 11.5 Å². The zero-order valence-electron chi connectivity index (χ0n) is 12.3. The summed E-state index contributed by atoms with van der Waals surface area (Å²) >= 11 is 0. The van der Waals surface area contributed by atoms with Gasteiger partial charge in [-0.25, -0.2) is 4.79 Å². The van der Waals surface area contributed by atoms with Crippen molar-refractivity contribution < 1.29 is 4.79 Å². The summed E-state index contributed by atoms with van der Waals surface area (Å²) < 4.78 is 0. The maximum absolute atomic E-state index is 12.5. The van der Waals surface area contributed by atoms with Crippen LogP contribution in [0.1, 0.15) is 36.7 Å². The molecule has 1 saturated heterocycles. The largest absolute Gasteiger partial charge is 0.337 e. The number of H-pyrrole nitrogens is 2. The second-order valence-corrected chi connectivity index (χ2v) is 5.45. The number of hydrogen-bond acceptors (Lipinski definition) is 4. The fourth-order valence-electron chi connectivity index (χ4n) is 2.68. The average Bonchev–Trinajstić information content (AvgIpc) is 2.46. The summed E-state index contributed by atoms with van der Waals surface area (Å²) in [4.78, 5) is 41.3. The number of hydrogen-bond donors (Lipinski definition) is 3. The van der Waals surface area contributed by atoms with Crippen molar-refractivity contribution in [2.75, 3.05) is 26.2 Å². The molecule has 1 aromatic heterocycles. The fourth-order valence-corrected chi connectivity index (χ4v) is 2.68. The van der Waals surface area contributed by atoms with Crippen LogP contribution in [0.2, 0.25) is 0 Å². The number of rotatable bonds is 5. The van der Waals surface area contributed by atoms with E-state index in [1.807, 2.05) is 6.92 Å². The molecular weight excluding hydrogens is 272 g/mol. The van der Waals surface area contributed by atoms with Crippen LogP contribution in [0, 0.1) is 5.92 Å². The lowest BCUT2D eigenvalue weighted by Crippen LogP contribution is -2.41. The highest BCUT2D eigenvalue weighted by Gasteiger charge is 2.22. The third-order valence-corrected chi connectivity index (χ3v) is 3.71. The van der Waals surface area contributed by atoms with Crippen LogP contribution in [-0.4, -0.2) is 47.0 Å². The molecule has 1 fully saturated rings. The van der Waals surface area contributed by atoms with Gasteiger partial charge in [-0.15, -0.1) is 0 Å². The van der Waals surface area contributed by atoms with E-state index in [1.165, 1.54) is 0 Å². The molecule has 0 atom stereocenters. The zero-order chi connectivity index (χ0) is 15.2. The number of piperidine rings is 1. The van der Waals surface area contributed by atoms with Crippen LogP contribution in [0.3, 0.4) is 0 Å². The van der Waals surface area contributed by atoms with Crippen molar-refractivity contribution >= 4 is 5.91 Å². The molecule has 0 saturated carbocycles. The van der Waals surface area contributed by atoms with Crippen molar-refractivity contribution in [3.63, 3.8) is 0 Å². The predicted octanol–water partition coefficient (Wildman–Crippen LogP) is -0.0850. The van der Waals surface area contributed by atoms with Crippen LogP contribution in [-0.2, 0) is 0 Å². The summed E-state index contributed by atoms with van der Waals surface area (Å²) in [5, 5.41) is 3.30. The summed E-state index contributed by atoms with van der Waals surface area (Å²) in [6, 6.07) is 1.15. The van der Waals surface area contributed by atoms with Crippen LogP contribution < -0.4 is 16.6 Å². The highest BCUT2D eigenvalue weighted by molar-refractivity contribution is 5.92. The molecular formula is C14H22N4O3. The monoisotopic (exact) mass is 294 g/mol. The molecule has 0 unspecified atom stereocenters. The van der Waals surface area contributed by atoms with Gasteiger partial charge in [0.15, 0.2) is 0 Å². The highest BCUT2D eigenvalue weighted by Crippen LogP contribution is 2.14. The number of carbonyl (C=O) groups excluding carboxylic acids is 1. The number of amides is 1. The van der Waals surface area contributed by atoms with E-state index in [4.69, 9.17) is 0 Å². The Bertz CT molecular complexity index is 558. The third kappa shape index (κ3) is 4.29. The van der Waals surface area contributed by atoms with Gasteiger partial charge in [-0.3, -0.25) is 14.6 Å². The van der Waals surface area contributed by atoms with E-state index in [-0.39, 0.29) is 11.6 Å². The highest BCUT2D eigenvalue weighted by atomic mass is 16.2. The van der Waals surface area contributed by atoms with Gasteiger partial charge >= 0.3 is 5.69 Å². The Morgan fingerprint density at radius 1 is 1.29 bits per heavy atom. The van der Waals surface area contributed by atoms with Gasteiger partial charge in [-0.05, 0) is 38.3 Å². The van der Waals surface area contributed by atoms with Crippen molar-refractivity contribution in [1.29, 1.82) is 0 Å². The quantitative estimate of drug-likeness (QED) is 0.707. The molecule has 0 radical (unpaired) electrons.